The minimum Gasteiger partial charge on any atom is -0.291 e. The lowest BCUT2D eigenvalue weighted by Crippen LogP contribution is -2.13. The maximum Gasteiger partial charge on any atom is 0.317 e. The Labute approximate surface area is 56.9 Å². The standard InChI is InChI=1S/C5H5N2OS/c1-7(4-8)5-2-9-3-6-5/h2-3H,1H3. The van der Waals surface area contributed by atoms with Crippen molar-refractivity contribution >= 4 is 23.6 Å². The Morgan fingerprint density at radius 1 is 1.89 bits per heavy atom. The van der Waals surface area contributed by atoms with Gasteiger partial charge in [0.2, 0.25) is 0 Å². The highest BCUT2D eigenvalue weighted by Crippen LogP contribution is 2.09. The molecule has 0 saturated heterocycles. The van der Waals surface area contributed by atoms with E-state index in [-0.39, 0.29) is 0 Å². The number of nitrogens with zero attached hydrogens (tertiary/aromatic N) is 2. The minimum absolute atomic E-state index is 0.648. The molecule has 9 heavy (non-hydrogen) atoms. The number of rotatable bonds is 2. The van der Waals surface area contributed by atoms with Gasteiger partial charge in [0.25, 0.3) is 0 Å². The van der Waals surface area contributed by atoms with E-state index in [1.807, 2.05) is 0 Å². The van der Waals surface area contributed by atoms with Gasteiger partial charge in [-0.05, 0) is 0 Å². The number of thiazole rings is 1. The normalized spacial score (nSPS) is 9.00. The molecule has 1 aromatic rings. The van der Waals surface area contributed by atoms with Crippen LogP contribution in [0.25, 0.3) is 0 Å². The van der Waals surface area contributed by atoms with Crippen LogP contribution in [0, 0.1) is 0 Å². The van der Waals surface area contributed by atoms with Gasteiger partial charge in [-0.1, -0.05) is 0 Å². The second kappa shape index (κ2) is 2.59. The Hall–Kier alpha value is -0.900. The predicted octanol–water partition coefficient (Wildman–Crippen LogP) is 0.647. The van der Waals surface area contributed by atoms with Crippen LogP contribution < -0.4 is 4.90 Å². The Balaban J connectivity index is 2.76. The fourth-order valence-electron chi connectivity index (χ4n) is 0.419. The molecular formula is C5H5N2OS. The molecule has 4 heteroatoms. The SMILES string of the molecule is CN([C]=O)c1cscn1. The van der Waals surface area contributed by atoms with E-state index < -0.39 is 0 Å². The van der Waals surface area contributed by atoms with E-state index in [9.17, 15) is 4.79 Å². The third-order valence-electron chi connectivity index (χ3n) is 0.900. The van der Waals surface area contributed by atoms with E-state index >= 15 is 0 Å². The molecule has 0 aliphatic rings. The number of hydrogen-bond donors (Lipinski definition) is 0. The van der Waals surface area contributed by atoms with Crippen molar-refractivity contribution < 1.29 is 4.79 Å². The molecule has 0 N–H and O–H groups in total. The molecule has 0 unspecified atom stereocenters. The molecule has 3 nitrogen and oxygen atoms in total. The van der Waals surface area contributed by atoms with Gasteiger partial charge >= 0.3 is 6.41 Å². The maximum absolute atomic E-state index is 9.97. The largest absolute Gasteiger partial charge is 0.317 e. The van der Waals surface area contributed by atoms with Gasteiger partial charge in [-0.3, -0.25) is 9.69 Å². The number of anilines is 1. The molecule has 0 atom stereocenters. The van der Waals surface area contributed by atoms with Gasteiger partial charge in [-0.2, -0.15) is 0 Å². The van der Waals surface area contributed by atoms with Crippen LogP contribution in [0.5, 0.6) is 0 Å². The first-order valence-corrected chi connectivity index (χ1v) is 3.28. The van der Waals surface area contributed by atoms with E-state index in [0.29, 0.717) is 5.82 Å². The summed E-state index contributed by atoms with van der Waals surface area (Å²) in [4.78, 5) is 15.1. The fraction of sp³-hybridized carbons (Fsp3) is 0.200. The molecule has 1 aromatic heterocycles. The molecule has 47 valence electrons. The quantitative estimate of drug-likeness (QED) is 0.566. The van der Waals surface area contributed by atoms with Crippen LogP contribution in [0.1, 0.15) is 0 Å². The molecule has 0 aliphatic carbocycles. The van der Waals surface area contributed by atoms with Gasteiger partial charge in [0.1, 0.15) is 5.82 Å². The zero-order valence-corrected chi connectivity index (χ0v) is 5.68. The molecule has 0 saturated carbocycles. The van der Waals surface area contributed by atoms with E-state index in [2.05, 4.69) is 4.98 Å². The summed E-state index contributed by atoms with van der Waals surface area (Å²) in [6.45, 7) is 0. The first kappa shape index (κ1) is 6.22. The summed E-state index contributed by atoms with van der Waals surface area (Å²) in [5.74, 6) is 0.648. The predicted molar refractivity (Wildman–Crippen MR) is 36.2 cm³/mol. The van der Waals surface area contributed by atoms with Crippen LogP contribution >= 0.6 is 11.3 Å². The molecule has 0 bridgehead atoms. The van der Waals surface area contributed by atoms with Crippen molar-refractivity contribution in [1.82, 2.24) is 4.98 Å². The summed E-state index contributed by atoms with van der Waals surface area (Å²) in [5, 5.41) is 1.78. The van der Waals surface area contributed by atoms with Crippen molar-refractivity contribution in [3.63, 3.8) is 0 Å². The number of carbonyl (C=O) groups excluding carboxylic acids is 1. The lowest BCUT2D eigenvalue weighted by Gasteiger charge is -2.01. The Kier molecular flexibility index (Phi) is 1.79. The molecule has 1 heterocycles. The van der Waals surface area contributed by atoms with Gasteiger partial charge in [0, 0.05) is 12.4 Å². The van der Waals surface area contributed by atoms with Gasteiger partial charge < -0.3 is 0 Å². The van der Waals surface area contributed by atoms with Crippen LogP contribution in [-0.4, -0.2) is 18.4 Å². The molecule has 0 spiro atoms. The first-order chi connectivity index (χ1) is 4.34. The molecule has 1 radical (unpaired) electrons. The first-order valence-electron chi connectivity index (χ1n) is 2.34. The smallest absolute Gasteiger partial charge is 0.291 e. The zero-order chi connectivity index (χ0) is 6.69. The third-order valence-corrected chi connectivity index (χ3v) is 1.47. The van der Waals surface area contributed by atoms with E-state index in [0.717, 1.165) is 0 Å². The lowest BCUT2D eigenvalue weighted by molar-refractivity contribution is 0.554. The molecular weight excluding hydrogens is 136 g/mol. The molecule has 1 amide bonds. The van der Waals surface area contributed by atoms with E-state index in [4.69, 9.17) is 0 Å². The zero-order valence-electron chi connectivity index (χ0n) is 4.87. The molecule has 1 rings (SSSR count). The average molecular weight is 141 g/mol. The highest BCUT2D eigenvalue weighted by atomic mass is 32.1. The summed E-state index contributed by atoms with van der Waals surface area (Å²) in [6.07, 6.45) is 1.69. The van der Waals surface area contributed by atoms with Crippen molar-refractivity contribution in [2.45, 2.75) is 0 Å². The van der Waals surface area contributed by atoms with Gasteiger partial charge in [0.05, 0.1) is 5.51 Å². The van der Waals surface area contributed by atoms with Crippen LogP contribution in [0.2, 0.25) is 0 Å². The fourth-order valence-corrected chi connectivity index (χ4v) is 0.989. The van der Waals surface area contributed by atoms with E-state index in [1.165, 1.54) is 16.2 Å². The molecule has 0 fully saturated rings. The Morgan fingerprint density at radius 3 is 3.11 bits per heavy atom. The molecule has 0 aliphatic heterocycles. The monoisotopic (exact) mass is 141 g/mol. The van der Waals surface area contributed by atoms with Crippen LogP contribution in [-0.2, 0) is 4.79 Å². The minimum atomic E-state index is 0.648. The van der Waals surface area contributed by atoms with Gasteiger partial charge in [-0.15, -0.1) is 11.3 Å². The van der Waals surface area contributed by atoms with Gasteiger partial charge in [0.15, 0.2) is 0 Å². The van der Waals surface area contributed by atoms with Crippen molar-refractivity contribution in [3.8, 4) is 0 Å². The summed E-state index contributed by atoms with van der Waals surface area (Å²) < 4.78 is 0. The summed E-state index contributed by atoms with van der Waals surface area (Å²) in [6, 6.07) is 0. The summed E-state index contributed by atoms with van der Waals surface area (Å²) in [7, 11) is 1.61. The number of aromatic nitrogens is 1. The molecule has 0 aromatic carbocycles. The number of amides is 1. The topological polar surface area (TPSA) is 33.2 Å². The highest BCUT2D eigenvalue weighted by molar-refractivity contribution is 7.07. The second-order valence-corrected chi connectivity index (χ2v) is 2.22. The van der Waals surface area contributed by atoms with Crippen molar-refractivity contribution in [3.05, 3.63) is 10.9 Å². The average Bonchev–Trinajstić information content (AvgIpc) is 2.37. The van der Waals surface area contributed by atoms with E-state index in [1.54, 1.807) is 24.3 Å². The van der Waals surface area contributed by atoms with Crippen LogP contribution in [0.15, 0.2) is 10.9 Å². The van der Waals surface area contributed by atoms with Crippen LogP contribution in [0.4, 0.5) is 5.82 Å². The summed E-state index contributed by atoms with van der Waals surface area (Å²) in [5.41, 5.74) is 1.67. The highest BCUT2D eigenvalue weighted by Gasteiger charge is 1.98. The Bertz CT molecular complexity index is 185. The lowest BCUT2D eigenvalue weighted by atomic mass is 10.7. The Morgan fingerprint density at radius 2 is 2.67 bits per heavy atom. The third kappa shape index (κ3) is 1.26. The maximum atomic E-state index is 9.97. The number of hydrogen-bond acceptors (Lipinski definition) is 3. The van der Waals surface area contributed by atoms with Crippen LogP contribution in [0.3, 0.4) is 0 Å². The van der Waals surface area contributed by atoms with Crippen molar-refractivity contribution in [1.29, 1.82) is 0 Å². The van der Waals surface area contributed by atoms with Crippen molar-refractivity contribution in [2.24, 2.45) is 0 Å². The van der Waals surface area contributed by atoms with Crippen molar-refractivity contribution in [2.75, 3.05) is 11.9 Å². The van der Waals surface area contributed by atoms with Gasteiger partial charge in [-0.25, -0.2) is 4.98 Å². The second-order valence-electron chi connectivity index (χ2n) is 1.50. The summed E-state index contributed by atoms with van der Waals surface area (Å²) >= 11 is 1.45.